The molecule has 2 nitrogen and oxygen atoms in total. The van der Waals surface area contributed by atoms with Crippen molar-refractivity contribution >= 4 is 5.82 Å². The van der Waals surface area contributed by atoms with Gasteiger partial charge in [-0.1, -0.05) is 34.1 Å². The largest absolute Gasteiger partial charge is 0.356 e. The highest BCUT2D eigenvalue weighted by Gasteiger charge is 2.21. The molecule has 17 heavy (non-hydrogen) atoms. The van der Waals surface area contributed by atoms with Crippen molar-refractivity contribution in [2.45, 2.75) is 47.0 Å². The van der Waals surface area contributed by atoms with E-state index in [0.29, 0.717) is 0 Å². The zero-order valence-electron chi connectivity index (χ0n) is 11.7. The normalized spacial score (nSPS) is 18.8. The average molecular weight is 234 g/mol. The van der Waals surface area contributed by atoms with E-state index in [1.165, 1.54) is 37.3 Å². The third-order valence-electron chi connectivity index (χ3n) is 3.41. The van der Waals surface area contributed by atoms with Gasteiger partial charge >= 0.3 is 0 Å². The second kappa shape index (κ2) is 7.31. The molecular weight excluding hydrogens is 208 g/mol. The highest BCUT2D eigenvalue weighted by Crippen LogP contribution is 2.24. The van der Waals surface area contributed by atoms with Crippen LogP contribution < -0.4 is 4.90 Å². The van der Waals surface area contributed by atoms with Crippen LogP contribution in [0, 0.1) is 5.92 Å². The average Bonchev–Trinajstić information content (AvgIpc) is 2.90. The number of nitrogens with zero attached hydrogens (tertiary/aromatic N) is 2. The molecule has 0 N–H and O–H groups in total. The summed E-state index contributed by atoms with van der Waals surface area (Å²) in [4.78, 5) is 6.89. The fourth-order valence-electron chi connectivity index (χ4n) is 2.23. The summed E-state index contributed by atoms with van der Waals surface area (Å²) in [5, 5.41) is 0. The molecule has 1 aromatic rings. The molecule has 96 valence electrons. The van der Waals surface area contributed by atoms with Gasteiger partial charge in [-0.15, -0.1) is 0 Å². The van der Waals surface area contributed by atoms with E-state index < -0.39 is 0 Å². The predicted molar refractivity (Wildman–Crippen MR) is 75.6 cm³/mol. The van der Waals surface area contributed by atoms with Crippen LogP contribution >= 0.6 is 0 Å². The van der Waals surface area contributed by atoms with Crippen LogP contribution in [0.1, 0.15) is 46.1 Å². The standard InChI is InChI=1S/C13H20N2.C2H6/c1-3-11-5-7-14-13(9-11)15-8-6-12(4-2)10-15;1-2/h5,7,9,12H,3-4,6,8,10H2,1-2H3;1-2H3. The summed E-state index contributed by atoms with van der Waals surface area (Å²) in [5.41, 5.74) is 1.39. The summed E-state index contributed by atoms with van der Waals surface area (Å²) < 4.78 is 0. The van der Waals surface area contributed by atoms with Gasteiger partial charge < -0.3 is 4.90 Å². The molecule has 0 amide bonds. The van der Waals surface area contributed by atoms with Crippen molar-refractivity contribution in [3.8, 4) is 0 Å². The van der Waals surface area contributed by atoms with Gasteiger partial charge in [-0.3, -0.25) is 0 Å². The number of aryl methyl sites for hydroxylation is 1. The summed E-state index contributed by atoms with van der Waals surface area (Å²) in [7, 11) is 0. The van der Waals surface area contributed by atoms with Gasteiger partial charge in [0.25, 0.3) is 0 Å². The lowest BCUT2D eigenvalue weighted by molar-refractivity contribution is 0.568. The number of pyridine rings is 1. The monoisotopic (exact) mass is 234 g/mol. The molecule has 0 aliphatic carbocycles. The summed E-state index contributed by atoms with van der Waals surface area (Å²) >= 11 is 0. The third-order valence-corrected chi connectivity index (χ3v) is 3.41. The molecule has 0 aromatic carbocycles. The van der Waals surface area contributed by atoms with E-state index in [1.807, 2.05) is 20.0 Å². The third kappa shape index (κ3) is 3.72. The lowest BCUT2D eigenvalue weighted by atomic mass is 10.1. The van der Waals surface area contributed by atoms with E-state index in [2.05, 4.69) is 35.9 Å². The highest BCUT2D eigenvalue weighted by atomic mass is 15.2. The van der Waals surface area contributed by atoms with Gasteiger partial charge in [0, 0.05) is 19.3 Å². The molecule has 1 fully saturated rings. The number of aromatic nitrogens is 1. The van der Waals surface area contributed by atoms with Gasteiger partial charge in [0.2, 0.25) is 0 Å². The number of anilines is 1. The van der Waals surface area contributed by atoms with Gasteiger partial charge in [-0.2, -0.15) is 0 Å². The summed E-state index contributed by atoms with van der Waals surface area (Å²) in [6.07, 6.45) is 5.66. The Balaban J connectivity index is 0.000000686. The van der Waals surface area contributed by atoms with Crippen LogP contribution in [0.4, 0.5) is 5.82 Å². The van der Waals surface area contributed by atoms with Crippen LogP contribution in [0.15, 0.2) is 18.3 Å². The van der Waals surface area contributed by atoms with Crippen molar-refractivity contribution in [2.75, 3.05) is 18.0 Å². The Labute approximate surface area is 106 Å². The topological polar surface area (TPSA) is 16.1 Å². The molecule has 1 atom stereocenters. The van der Waals surface area contributed by atoms with Crippen molar-refractivity contribution in [3.05, 3.63) is 23.9 Å². The molecule has 2 rings (SSSR count). The maximum Gasteiger partial charge on any atom is 0.128 e. The van der Waals surface area contributed by atoms with Crippen molar-refractivity contribution in [1.29, 1.82) is 0 Å². The van der Waals surface area contributed by atoms with Crippen LogP contribution in [-0.2, 0) is 6.42 Å². The van der Waals surface area contributed by atoms with Crippen molar-refractivity contribution in [2.24, 2.45) is 5.92 Å². The van der Waals surface area contributed by atoms with E-state index >= 15 is 0 Å². The van der Waals surface area contributed by atoms with Crippen LogP contribution in [-0.4, -0.2) is 18.1 Å². The smallest absolute Gasteiger partial charge is 0.128 e. The fraction of sp³-hybridized carbons (Fsp3) is 0.667. The molecule has 1 aliphatic rings. The number of hydrogen-bond acceptors (Lipinski definition) is 2. The molecule has 1 unspecified atom stereocenters. The molecule has 1 saturated heterocycles. The molecular formula is C15H26N2. The van der Waals surface area contributed by atoms with E-state index in [9.17, 15) is 0 Å². The van der Waals surface area contributed by atoms with E-state index in [1.54, 1.807) is 0 Å². The molecule has 1 aromatic heterocycles. The molecule has 1 aliphatic heterocycles. The first kappa shape index (κ1) is 14.0. The zero-order chi connectivity index (χ0) is 12.7. The van der Waals surface area contributed by atoms with Gasteiger partial charge in [0.15, 0.2) is 0 Å². The molecule has 2 heteroatoms. The van der Waals surface area contributed by atoms with Crippen LogP contribution in [0.5, 0.6) is 0 Å². The fourth-order valence-corrected chi connectivity index (χ4v) is 2.23. The van der Waals surface area contributed by atoms with Crippen molar-refractivity contribution in [3.63, 3.8) is 0 Å². The van der Waals surface area contributed by atoms with Crippen molar-refractivity contribution < 1.29 is 0 Å². The second-order valence-corrected chi connectivity index (χ2v) is 4.38. The quantitative estimate of drug-likeness (QED) is 0.788. The lowest BCUT2D eigenvalue weighted by Crippen LogP contribution is -2.20. The minimum atomic E-state index is 0.872. The Kier molecular flexibility index (Phi) is 6.03. The summed E-state index contributed by atoms with van der Waals surface area (Å²) in [6, 6.07) is 4.34. The van der Waals surface area contributed by atoms with E-state index in [4.69, 9.17) is 0 Å². The Morgan fingerprint density at radius 3 is 2.71 bits per heavy atom. The van der Waals surface area contributed by atoms with E-state index in [0.717, 1.165) is 12.3 Å². The molecule has 0 radical (unpaired) electrons. The Morgan fingerprint density at radius 1 is 1.35 bits per heavy atom. The SMILES string of the molecule is CC.CCc1ccnc(N2CCC(CC)C2)c1. The Hall–Kier alpha value is -1.05. The predicted octanol–water partition coefficient (Wildman–Crippen LogP) is 3.91. The first-order chi connectivity index (χ1) is 8.33. The minimum Gasteiger partial charge on any atom is -0.356 e. The first-order valence-corrected chi connectivity index (χ1v) is 7.03. The minimum absolute atomic E-state index is 0.872. The summed E-state index contributed by atoms with van der Waals surface area (Å²) in [5.74, 6) is 2.04. The number of rotatable bonds is 3. The Morgan fingerprint density at radius 2 is 2.12 bits per heavy atom. The highest BCUT2D eigenvalue weighted by molar-refractivity contribution is 5.42. The van der Waals surface area contributed by atoms with Crippen LogP contribution in [0.2, 0.25) is 0 Å². The van der Waals surface area contributed by atoms with Crippen molar-refractivity contribution in [1.82, 2.24) is 4.98 Å². The second-order valence-electron chi connectivity index (χ2n) is 4.38. The lowest BCUT2D eigenvalue weighted by Gasteiger charge is -2.17. The molecule has 0 saturated carbocycles. The maximum absolute atomic E-state index is 4.46. The number of hydrogen-bond donors (Lipinski definition) is 0. The van der Waals surface area contributed by atoms with Crippen LogP contribution in [0.25, 0.3) is 0 Å². The molecule has 0 spiro atoms. The van der Waals surface area contributed by atoms with Crippen LogP contribution in [0.3, 0.4) is 0 Å². The van der Waals surface area contributed by atoms with Gasteiger partial charge in [0.05, 0.1) is 0 Å². The van der Waals surface area contributed by atoms with Gasteiger partial charge in [-0.05, 0) is 36.5 Å². The van der Waals surface area contributed by atoms with Gasteiger partial charge in [-0.25, -0.2) is 4.98 Å². The zero-order valence-corrected chi connectivity index (χ0v) is 11.7. The van der Waals surface area contributed by atoms with E-state index in [-0.39, 0.29) is 0 Å². The maximum atomic E-state index is 4.46. The molecule has 2 heterocycles. The first-order valence-electron chi connectivity index (χ1n) is 7.03. The van der Waals surface area contributed by atoms with Gasteiger partial charge in [0.1, 0.15) is 5.82 Å². The summed E-state index contributed by atoms with van der Waals surface area (Å²) in [6.45, 7) is 10.8. The Bertz CT molecular complexity index is 322. The molecule has 0 bridgehead atoms.